The second kappa shape index (κ2) is 9.02. The fourth-order valence-corrected chi connectivity index (χ4v) is 4.15. The van der Waals surface area contributed by atoms with Gasteiger partial charge < -0.3 is 21.1 Å². The van der Waals surface area contributed by atoms with Crippen molar-refractivity contribution < 1.29 is 14.3 Å². The summed E-state index contributed by atoms with van der Waals surface area (Å²) in [5.41, 5.74) is 13.4. The lowest BCUT2D eigenvalue weighted by atomic mass is 9.98. The minimum absolute atomic E-state index is 0.0819. The van der Waals surface area contributed by atoms with Crippen molar-refractivity contribution in [1.82, 2.24) is 0 Å². The van der Waals surface area contributed by atoms with Crippen LogP contribution in [0.4, 0.5) is 11.4 Å². The topological polar surface area (TPSA) is 122 Å². The highest BCUT2D eigenvalue weighted by atomic mass is 35.5. The van der Waals surface area contributed by atoms with Crippen LogP contribution >= 0.6 is 23.2 Å². The van der Waals surface area contributed by atoms with E-state index in [2.05, 4.69) is 0 Å². The lowest BCUT2D eigenvalue weighted by Gasteiger charge is -2.18. The van der Waals surface area contributed by atoms with Crippen molar-refractivity contribution in [2.45, 2.75) is 12.3 Å². The summed E-state index contributed by atoms with van der Waals surface area (Å²) in [5.74, 6) is -0.289. The molecule has 4 N–H and O–H groups in total. The molecule has 0 saturated carbocycles. The van der Waals surface area contributed by atoms with Crippen LogP contribution < -0.4 is 21.1 Å². The van der Waals surface area contributed by atoms with E-state index in [1.165, 1.54) is 6.07 Å². The Balaban J connectivity index is 1.60. The van der Waals surface area contributed by atoms with E-state index in [0.29, 0.717) is 23.0 Å². The number of nitrogen functional groups attached to an aromatic ring is 1. The SMILES string of the molecule is N#Cc1cccc(Cl)c1Oc1cc(C2CC(=O)N(c3ccc(C(N)=O)c(N)c3)C2)ccc1Cl. The molecule has 33 heavy (non-hydrogen) atoms. The third-order valence-corrected chi connectivity index (χ3v) is 6.07. The number of nitriles is 1. The Morgan fingerprint density at radius 1 is 1.12 bits per heavy atom. The van der Waals surface area contributed by atoms with Gasteiger partial charge in [0.2, 0.25) is 5.91 Å². The van der Waals surface area contributed by atoms with E-state index in [1.807, 2.05) is 12.1 Å². The van der Waals surface area contributed by atoms with Gasteiger partial charge in [0.15, 0.2) is 5.75 Å². The van der Waals surface area contributed by atoms with Crippen LogP contribution in [0.1, 0.15) is 33.8 Å². The van der Waals surface area contributed by atoms with E-state index in [9.17, 15) is 14.9 Å². The second-order valence-electron chi connectivity index (χ2n) is 7.56. The van der Waals surface area contributed by atoms with E-state index < -0.39 is 5.91 Å². The summed E-state index contributed by atoms with van der Waals surface area (Å²) < 4.78 is 5.91. The molecule has 1 aliphatic rings. The number of hydrogen-bond donors (Lipinski definition) is 2. The van der Waals surface area contributed by atoms with Crippen molar-refractivity contribution in [2.75, 3.05) is 17.2 Å². The maximum absolute atomic E-state index is 12.7. The van der Waals surface area contributed by atoms with Crippen LogP contribution in [0.5, 0.6) is 11.5 Å². The molecule has 0 aromatic heterocycles. The molecule has 1 heterocycles. The third kappa shape index (κ3) is 4.44. The lowest BCUT2D eigenvalue weighted by molar-refractivity contribution is -0.117. The molecular formula is C24H18Cl2N4O3. The molecule has 7 nitrogen and oxygen atoms in total. The van der Waals surface area contributed by atoms with Crippen LogP contribution in [-0.2, 0) is 4.79 Å². The van der Waals surface area contributed by atoms with Crippen molar-refractivity contribution in [3.8, 4) is 17.6 Å². The molecule has 1 atom stereocenters. The highest BCUT2D eigenvalue weighted by Gasteiger charge is 2.32. The van der Waals surface area contributed by atoms with Crippen LogP contribution in [0.15, 0.2) is 54.6 Å². The van der Waals surface area contributed by atoms with Crippen molar-refractivity contribution in [3.63, 3.8) is 0 Å². The van der Waals surface area contributed by atoms with Crippen LogP contribution in [0.2, 0.25) is 10.0 Å². The van der Waals surface area contributed by atoms with Crippen LogP contribution in [0, 0.1) is 11.3 Å². The molecule has 9 heteroatoms. The minimum Gasteiger partial charge on any atom is -0.453 e. The van der Waals surface area contributed by atoms with Crippen molar-refractivity contribution >= 4 is 46.4 Å². The molecular weight excluding hydrogens is 463 g/mol. The van der Waals surface area contributed by atoms with E-state index in [-0.39, 0.29) is 45.8 Å². The molecule has 4 rings (SSSR count). The van der Waals surface area contributed by atoms with E-state index in [1.54, 1.807) is 47.4 Å². The first-order chi connectivity index (χ1) is 15.8. The first-order valence-electron chi connectivity index (χ1n) is 9.94. The van der Waals surface area contributed by atoms with Gasteiger partial charge in [0.1, 0.15) is 11.8 Å². The number of carbonyl (C=O) groups is 2. The number of hydrogen-bond acceptors (Lipinski definition) is 5. The Hall–Kier alpha value is -3.73. The summed E-state index contributed by atoms with van der Waals surface area (Å²) in [4.78, 5) is 25.8. The summed E-state index contributed by atoms with van der Waals surface area (Å²) in [6.45, 7) is 0.408. The van der Waals surface area contributed by atoms with Crippen molar-refractivity contribution in [2.24, 2.45) is 5.73 Å². The van der Waals surface area contributed by atoms with E-state index in [0.717, 1.165) is 5.56 Å². The summed E-state index contributed by atoms with van der Waals surface area (Å²) >= 11 is 12.5. The Morgan fingerprint density at radius 3 is 2.61 bits per heavy atom. The monoisotopic (exact) mass is 480 g/mol. The molecule has 0 bridgehead atoms. The molecule has 0 spiro atoms. The summed E-state index contributed by atoms with van der Waals surface area (Å²) in [6, 6.07) is 16.9. The molecule has 2 amide bonds. The number of amides is 2. The Labute approximate surface area is 200 Å². The number of nitrogens with two attached hydrogens (primary N) is 2. The average molecular weight is 481 g/mol. The number of anilines is 2. The highest BCUT2D eigenvalue weighted by molar-refractivity contribution is 6.33. The Morgan fingerprint density at radius 2 is 1.91 bits per heavy atom. The van der Waals surface area contributed by atoms with Gasteiger partial charge in [-0.1, -0.05) is 35.3 Å². The molecule has 1 saturated heterocycles. The van der Waals surface area contributed by atoms with E-state index in [4.69, 9.17) is 39.4 Å². The van der Waals surface area contributed by atoms with Gasteiger partial charge in [0.25, 0.3) is 5.91 Å². The van der Waals surface area contributed by atoms with Gasteiger partial charge in [-0.25, -0.2) is 0 Å². The molecule has 3 aromatic rings. The van der Waals surface area contributed by atoms with Gasteiger partial charge in [-0.2, -0.15) is 5.26 Å². The van der Waals surface area contributed by atoms with Gasteiger partial charge in [-0.15, -0.1) is 0 Å². The van der Waals surface area contributed by atoms with Crippen LogP contribution in [0.25, 0.3) is 0 Å². The molecule has 166 valence electrons. The van der Waals surface area contributed by atoms with Gasteiger partial charge in [-0.05, 0) is 48.0 Å². The van der Waals surface area contributed by atoms with Gasteiger partial charge in [-0.3, -0.25) is 9.59 Å². The smallest absolute Gasteiger partial charge is 0.250 e. The molecule has 3 aromatic carbocycles. The standard InChI is InChI=1S/C24H18Cl2N4O3/c25-18-7-4-13(8-21(18)33-23-14(11-27)2-1-3-19(23)26)15-9-22(31)30(12-15)16-5-6-17(24(29)32)20(28)10-16/h1-8,10,15H,9,12,28H2,(H2,29,32). The number of benzene rings is 3. The first kappa shape index (κ1) is 22.5. The van der Waals surface area contributed by atoms with Crippen LogP contribution in [-0.4, -0.2) is 18.4 Å². The number of halogens is 2. The molecule has 1 unspecified atom stereocenters. The molecule has 0 radical (unpaired) electrons. The Bertz CT molecular complexity index is 1320. The first-order valence-corrected chi connectivity index (χ1v) is 10.7. The average Bonchev–Trinajstić information content (AvgIpc) is 3.17. The number of carbonyl (C=O) groups excluding carboxylic acids is 2. The zero-order valence-electron chi connectivity index (χ0n) is 17.2. The number of rotatable bonds is 5. The van der Waals surface area contributed by atoms with Crippen molar-refractivity contribution in [1.29, 1.82) is 5.26 Å². The van der Waals surface area contributed by atoms with Gasteiger partial charge in [0.05, 0.1) is 21.2 Å². The second-order valence-corrected chi connectivity index (χ2v) is 8.38. The predicted molar refractivity (Wildman–Crippen MR) is 127 cm³/mol. The zero-order chi connectivity index (χ0) is 23.7. The van der Waals surface area contributed by atoms with Crippen LogP contribution in [0.3, 0.4) is 0 Å². The highest BCUT2D eigenvalue weighted by Crippen LogP contribution is 2.39. The summed E-state index contributed by atoms with van der Waals surface area (Å²) in [5, 5.41) is 9.98. The minimum atomic E-state index is -0.628. The normalized spacial score (nSPS) is 15.4. The van der Waals surface area contributed by atoms with E-state index >= 15 is 0 Å². The predicted octanol–water partition coefficient (Wildman–Crippen LogP) is 4.86. The maximum Gasteiger partial charge on any atom is 0.250 e. The largest absolute Gasteiger partial charge is 0.453 e. The molecule has 1 aliphatic heterocycles. The lowest BCUT2D eigenvalue weighted by Crippen LogP contribution is -2.24. The summed E-state index contributed by atoms with van der Waals surface area (Å²) in [6.07, 6.45) is 0.272. The number of nitrogens with zero attached hydrogens (tertiary/aromatic N) is 2. The number of ether oxygens (including phenoxy) is 1. The third-order valence-electron chi connectivity index (χ3n) is 5.46. The summed E-state index contributed by atoms with van der Waals surface area (Å²) in [7, 11) is 0. The fourth-order valence-electron chi connectivity index (χ4n) is 3.79. The quantitative estimate of drug-likeness (QED) is 0.504. The molecule has 0 aliphatic carbocycles. The van der Waals surface area contributed by atoms with Gasteiger partial charge in [0, 0.05) is 30.3 Å². The zero-order valence-corrected chi connectivity index (χ0v) is 18.7. The maximum atomic E-state index is 12.7. The molecule has 1 fully saturated rings. The fraction of sp³-hybridized carbons (Fsp3) is 0.125. The number of para-hydroxylation sites is 1. The van der Waals surface area contributed by atoms with Crippen molar-refractivity contribution in [3.05, 3.63) is 81.3 Å². The number of primary amides is 1. The Kier molecular flexibility index (Phi) is 6.14. The van der Waals surface area contributed by atoms with Gasteiger partial charge >= 0.3 is 0 Å².